The first-order chi connectivity index (χ1) is 14.5. The minimum atomic E-state index is -0.638. The van der Waals surface area contributed by atoms with Gasteiger partial charge in [-0.05, 0) is 19.1 Å². The molecule has 10 nitrogen and oxygen atoms in total. The fraction of sp³-hybridized carbons (Fsp3) is 0.150. The number of aryl methyl sites for hydroxylation is 1. The zero-order chi connectivity index (χ0) is 20.8. The zero-order valence-electron chi connectivity index (χ0n) is 16.2. The molecule has 0 unspecified atom stereocenters. The van der Waals surface area contributed by atoms with Gasteiger partial charge in [0.25, 0.3) is 11.8 Å². The Morgan fingerprint density at radius 3 is 2.33 bits per heavy atom. The SMILES string of the molecule is C[C@H](c1nccnc1-c1cn(-c2ccn(C)n2)nn1)N1C(=O)c2ccccc2C1=O. The maximum absolute atomic E-state index is 12.9. The van der Waals surface area contributed by atoms with Gasteiger partial charge < -0.3 is 0 Å². The molecule has 1 aromatic carbocycles. The summed E-state index contributed by atoms with van der Waals surface area (Å²) in [6.45, 7) is 1.75. The number of rotatable bonds is 4. The van der Waals surface area contributed by atoms with Gasteiger partial charge in [-0.3, -0.25) is 29.1 Å². The largest absolute Gasteiger partial charge is 0.274 e. The van der Waals surface area contributed by atoms with Crippen molar-refractivity contribution in [3.63, 3.8) is 0 Å². The van der Waals surface area contributed by atoms with Crippen LogP contribution in [0, 0.1) is 0 Å². The molecule has 1 atom stereocenters. The van der Waals surface area contributed by atoms with Gasteiger partial charge in [0.05, 0.1) is 29.1 Å². The molecule has 0 N–H and O–H groups in total. The van der Waals surface area contributed by atoms with Crippen molar-refractivity contribution in [3.05, 3.63) is 71.9 Å². The standard InChI is InChI=1S/C20H16N8O2/c1-12(28-19(29)13-5-3-4-6-14(13)20(28)30)17-18(22-9-8-21-17)15-11-27(25-23-15)16-7-10-26(2)24-16/h3-12H,1-2H3/t12-/m1/s1. The molecule has 3 aromatic heterocycles. The first-order valence-corrected chi connectivity index (χ1v) is 9.25. The van der Waals surface area contributed by atoms with E-state index < -0.39 is 6.04 Å². The topological polar surface area (TPSA) is 112 Å². The van der Waals surface area contributed by atoms with Crippen LogP contribution < -0.4 is 0 Å². The van der Waals surface area contributed by atoms with E-state index >= 15 is 0 Å². The summed E-state index contributed by atoms with van der Waals surface area (Å²) in [4.78, 5) is 35.8. The molecule has 0 radical (unpaired) electrons. The second kappa shape index (κ2) is 6.69. The van der Waals surface area contributed by atoms with E-state index in [9.17, 15) is 9.59 Å². The molecule has 2 amide bonds. The van der Waals surface area contributed by atoms with Gasteiger partial charge in [-0.2, -0.15) is 9.78 Å². The van der Waals surface area contributed by atoms with E-state index in [1.165, 1.54) is 22.0 Å². The van der Waals surface area contributed by atoms with Crippen LogP contribution in [0.15, 0.2) is 55.1 Å². The van der Waals surface area contributed by atoms with Crippen LogP contribution in [0.3, 0.4) is 0 Å². The first-order valence-electron chi connectivity index (χ1n) is 9.25. The van der Waals surface area contributed by atoms with Gasteiger partial charge in [-0.1, -0.05) is 17.3 Å². The number of fused-ring (bicyclic) bond motifs is 1. The van der Waals surface area contributed by atoms with Crippen molar-refractivity contribution in [2.75, 3.05) is 0 Å². The van der Waals surface area contributed by atoms with E-state index in [-0.39, 0.29) is 11.8 Å². The third-order valence-corrected chi connectivity index (χ3v) is 5.01. The number of hydrogen-bond acceptors (Lipinski definition) is 7. The van der Waals surface area contributed by atoms with E-state index in [1.54, 1.807) is 54.3 Å². The highest BCUT2D eigenvalue weighted by Gasteiger charge is 2.40. The number of aromatic nitrogens is 7. The predicted octanol–water partition coefficient (Wildman–Crippen LogP) is 1.81. The Bertz CT molecular complexity index is 1260. The smallest absolute Gasteiger partial charge is 0.262 e. The van der Waals surface area contributed by atoms with Gasteiger partial charge in [-0.15, -0.1) is 5.10 Å². The number of nitrogens with zero attached hydrogens (tertiary/aromatic N) is 8. The van der Waals surface area contributed by atoms with Crippen molar-refractivity contribution in [3.8, 4) is 17.2 Å². The second-order valence-electron chi connectivity index (χ2n) is 6.89. The molecule has 1 aliphatic heterocycles. The second-order valence-corrected chi connectivity index (χ2v) is 6.89. The Morgan fingerprint density at radius 2 is 1.67 bits per heavy atom. The highest BCUT2D eigenvalue weighted by atomic mass is 16.2. The van der Waals surface area contributed by atoms with Gasteiger partial charge in [0, 0.05) is 31.7 Å². The van der Waals surface area contributed by atoms with Crippen LogP contribution in [0.1, 0.15) is 39.4 Å². The van der Waals surface area contributed by atoms with Crippen molar-refractivity contribution in [1.29, 1.82) is 0 Å². The summed E-state index contributed by atoms with van der Waals surface area (Å²) in [6.07, 6.45) is 6.55. The number of benzene rings is 1. The summed E-state index contributed by atoms with van der Waals surface area (Å²) in [6, 6.07) is 7.94. The van der Waals surface area contributed by atoms with Crippen LogP contribution in [0.5, 0.6) is 0 Å². The molecule has 0 fully saturated rings. The lowest BCUT2D eigenvalue weighted by Gasteiger charge is -2.23. The van der Waals surface area contributed by atoms with E-state index in [2.05, 4.69) is 25.4 Å². The van der Waals surface area contributed by atoms with Gasteiger partial charge in [-0.25, -0.2) is 0 Å². The van der Waals surface area contributed by atoms with E-state index in [4.69, 9.17) is 0 Å². The maximum atomic E-state index is 12.9. The quantitative estimate of drug-likeness (QED) is 0.480. The van der Waals surface area contributed by atoms with Crippen LogP contribution in [0.2, 0.25) is 0 Å². The summed E-state index contributed by atoms with van der Waals surface area (Å²) in [5.74, 6) is -0.0937. The molecule has 148 valence electrons. The highest BCUT2D eigenvalue weighted by molar-refractivity contribution is 6.21. The molecule has 1 aliphatic rings. The molecule has 0 bridgehead atoms. The summed E-state index contributed by atoms with van der Waals surface area (Å²) >= 11 is 0. The van der Waals surface area contributed by atoms with Crippen molar-refractivity contribution in [2.45, 2.75) is 13.0 Å². The lowest BCUT2D eigenvalue weighted by molar-refractivity contribution is 0.0592. The van der Waals surface area contributed by atoms with Crippen LogP contribution in [-0.4, -0.2) is 51.5 Å². The molecule has 4 aromatic rings. The maximum Gasteiger partial charge on any atom is 0.262 e. The average molecular weight is 400 g/mol. The summed E-state index contributed by atoms with van der Waals surface area (Å²) in [7, 11) is 1.81. The number of hydrogen-bond donors (Lipinski definition) is 0. The highest BCUT2D eigenvalue weighted by Crippen LogP contribution is 2.33. The molecular formula is C20H16N8O2. The number of imide groups is 1. The van der Waals surface area contributed by atoms with Gasteiger partial charge >= 0.3 is 0 Å². The molecular weight excluding hydrogens is 384 g/mol. The van der Waals surface area contributed by atoms with E-state index in [0.717, 1.165) is 0 Å². The number of carbonyl (C=O) groups excluding carboxylic acids is 2. The summed E-state index contributed by atoms with van der Waals surface area (Å²) in [5.41, 5.74) is 2.15. The van der Waals surface area contributed by atoms with Gasteiger partial charge in [0.1, 0.15) is 11.4 Å². The zero-order valence-corrected chi connectivity index (χ0v) is 16.2. The molecule has 0 saturated carbocycles. The monoisotopic (exact) mass is 400 g/mol. The van der Waals surface area contributed by atoms with Crippen LogP contribution in [-0.2, 0) is 7.05 Å². The van der Waals surface area contributed by atoms with Crippen molar-refractivity contribution < 1.29 is 9.59 Å². The Morgan fingerprint density at radius 1 is 0.967 bits per heavy atom. The summed E-state index contributed by atoms with van der Waals surface area (Å²) in [5, 5.41) is 12.6. The van der Waals surface area contributed by atoms with Crippen molar-refractivity contribution in [1.82, 2.24) is 39.6 Å². The van der Waals surface area contributed by atoms with Gasteiger partial charge in [0.15, 0.2) is 5.82 Å². The Hall–Kier alpha value is -4.21. The molecule has 0 saturated heterocycles. The lowest BCUT2D eigenvalue weighted by atomic mass is 10.1. The third kappa shape index (κ3) is 2.69. The van der Waals surface area contributed by atoms with Crippen molar-refractivity contribution >= 4 is 11.8 Å². The van der Waals surface area contributed by atoms with Crippen LogP contribution in [0.25, 0.3) is 17.2 Å². The lowest BCUT2D eigenvalue weighted by Crippen LogP contribution is -2.33. The molecule has 30 heavy (non-hydrogen) atoms. The number of amides is 2. The Labute approximate surface area is 170 Å². The van der Waals surface area contributed by atoms with Crippen LogP contribution in [0.4, 0.5) is 0 Å². The third-order valence-electron chi connectivity index (χ3n) is 5.01. The average Bonchev–Trinajstić information content (AvgIpc) is 3.47. The van der Waals surface area contributed by atoms with E-state index in [0.29, 0.717) is 34.0 Å². The van der Waals surface area contributed by atoms with E-state index in [1.807, 2.05) is 7.05 Å². The Balaban J connectivity index is 1.53. The molecule has 0 aliphatic carbocycles. The fourth-order valence-electron chi connectivity index (χ4n) is 3.54. The molecule has 10 heteroatoms. The molecule has 4 heterocycles. The Kier molecular flexibility index (Phi) is 3.98. The minimum absolute atomic E-state index is 0.350. The van der Waals surface area contributed by atoms with Crippen LogP contribution >= 0.6 is 0 Å². The predicted molar refractivity (Wildman–Crippen MR) is 105 cm³/mol. The molecule has 5 rings (SSSR count). The number of carbonyl (C=O) groups is 2. The summed E-state index contributed by atoms with van der Waals surface area (Å²) < 4.78 is 3.19. The van der Waals surface area contributed by atoms with Gasteiger partial charge in [0.2, 0.25) is 0 Å². The minimum Gasteiger partial charge on any atom is -0.274 e. The first kappa shape index (κ1) is 17.9. The normalized spacial score (nSPS) is 14.3. The van der Waals surface area contributed by atoms with Crippen molar-refractivity contribution in [2.24, 2.45) is 7.05 Å². The fourth-order valence-corrected chi connectivity index (χ4v) is 3.54. The molecule has 0 spiro atoms.